The van der Waals surface area contributed by atoms with Crippen LogP contribution in [0.1, 0.15) is 72.6 Å². The van der Waals surface area contributed by atoms with E-state index in [2.05, 4.69) is 15.6 Å². The lowest BCUT2D eigenvalue weighted by Gasteiger charge is -2.39. The zero-order valence-corrected chi connectivity index (χ0v) is 25.0. The minimum Gasteiger partial charge on any atom is -0.448 e. The molecular weight excluding hydrogens is 576 g/mol. The van der Waals surface area contributed by atoms with Gasteiger partial charge in [0.2, 0.25) is 5.91 Å². The third-order valence-electron chi connectivity index (χ3n) is 8.44. The predicted octanol–water partition coefficient (Wildman–Crippen LogP) is 5.50. The molecule has 1 atom stereocenters. The molecule has 12 heteroatoms. The van der Waals surface area contributed by atoms with Gasteiger partial charge in [0.25, 0.3) is 23.2 Å². The van der Waals surface area contributed by atoms with Crippen molar-refractivity contribution in [3.8, 4) is 11.5 Å². The highest BCUT2D eigenvalue weighted by molar-refractivity contribution is 7.98. The molecule has 222 valence electrons. The highest BCUT2D eigenvalue weighted by Crippen LogP contribution is 2.52. The number of pyridine rings is 1. The molecule has 8 nitrogen and oxygen atoms in total. The average molecular weight is 610 g/mol. The molecule has 0 saturated heterocycles. The van der Waals surface area contributed by atoms with Crippen LogP contribution in [0.25, 0.3) is 0 Å². The monoisotopic (exact) mass is 609 g/mol. The van der Waals surface area contributed by atoms with E-state index < -0.39 is 23.7 Å². The fourth-order valence-corrected chi connectivity index (χ4v) is 6.95. The minimum atomic E-state index is -2.67. The maximum Gasteiger partial charge on any atom is 0.254 e. The first kappa shape index (κ1) is 29.7. The second kappa shape index (κ2) is 11.1. The van der Waals surface area contributed by atoms with Crippen LogP contribution in [0.15, 0.2) is 21.8 Å². The van der Waals surface area contributed by atoms with Crippen molar-refractivity contribution in [3.05, 3.63) is 49.9 Å². The lowest BCUT2D eigenvalue weighted by atomic mass is 9.77. The van der Waals surface area contributed by atoms with Crippen LogP contribution in [0.3, 0.4) is 0 Å². The smallest absolute Gasteiger partial charge is 0.254 e. The summed E-state index contributed by atoms with van der Waals surface area (Å²) in [6.07, 6.45) is 3.76. The van der Waals surface area contributed by atoms with Gasteiger partial charge in [0, 0.05) is 71.5 Å². The molecule has 2 fully saturated rings. The summed E-state index contributed by atoms with van der Waals surface area (Å²) in [4.78, 5) is 41.9. The number of carbonyl (C=O) groups excluding carboxylic acids is 2. The van der Waals surface area contributed by atoms with E-state index >= 15 is 0 Å². The lowest BCUT2D eigenvalue weighted by molar-refractivity contribution is -0.140. The van der Waals surface area contributed by atoms with E-state index in [1.165, 1.54) is 11.8 Å². The second-order valence-corrected chi connectivity index (χ2v) is 12.7. The van der Waals surface area contributed by atoms with E-state index in [-0.39, 0.29) is 47.7 Å². The first-order valence-corrected chi connectivity index (χ1v) is 15.3. The molecule has 2 amide bonds. The van der Waals surface area contributed by atoms with Crippen molar-refractivity contribution < 1.29 is 27.8 Å². The second-order valence-electron chi connectivity index (χ2n) is 11.4. The number of hydrogen-bond acceptors (Lipinski definition) is 6. The summed E-state index contributed by atoms with van der Waals surface area (Å²) in [5, 5.41) is 5.82. The van der Waals surface area contributed by atoms with Gasteiger partial charge in [-0.2, -0.15) is 0 Å². The molecule has 3 aliphatic rings. The quantitative estimate of drug-likeness (QED) is 0.358. The Hall–Kier alpha value is -2.79. The standard InChI is InChI=1S/C29H34ClF2N3O5S/c1-14-9-22(41-4)20(27(38)34-14)13-33-26(37)19-10-21(30)24-23(15(19)2)39-28(3,40-24)17-7-5-16(6-8-17)25(36)35-18-11-29(31,32)12-18/h9-10,16-18H,5-8,11-13H2,1-4H3,(H,33,37)(H,34,38)(H,35,36)/t16?,17?,28-/m0/s1. The van der Waals surface area contributed by atoms with Gasteiger partial charge in [-0.25, -0.2) is 8.78 Å². The molecule has 2 aliphatic carbocycles. The van der Waals surface area contributed by atoms with Gasteiger partial charge in [-0.05, 0) is 57.9 Å². The fraction of sp³-hybridized carbons (Fsp3) is 0.552. The van der Waals surface area contributed by atoms with Gasteiger partial charge in [-0.15, -0.1) is 11.8 Å². The number of amides is 2. The Kier molecular flexibility index (Phi) is 8.06. The van der Waals surface area contributed by atoms with Gasteiger partial charge < -0.3 is 25.1 Å². The van der Waals surface area contributed by atoms with Crippen LogP contribution in [0.4, 0.5) is 8.78 Å². The molecule has 0 bridgehead atoms. The largest absolute Gasteiger partial charge is 0.448 e. The number of hydrogen-bond donors (Lipinski definition) is 3. The number of benzene rings is 1. The van der Waals surface area contributed by atoms with Gasteiger partial charge >= 0.3 is 0 Å². The Morgan fingerprint density at radius 3 is 2.41 bits per heavy atom. The summed E-state index contributed by atoms with van der Waals surface area (Å²) in [7, 11) is 0. The van der Waals surface area contributed by atoms with Gasteiger partial charge in [0.1, 0.15) is 0 Å². The summed E-state index contributed by atoms with van der Waals surface area (Å²) in [6, 6.07) is 2.96. The Morgan fingerprint density at radius 2 is 1.78 bits per heavy atom. The number of ether oxygens (including phenoxy) is 2. The van der Waals surface area contributed by atoms with E-state index in [4.69, 9.17) is 21.1 Å². The number of aryl methyl sites for hydroxylation is 1. The van der Waals surface area contributed by atoms with Crippen LogP contribution in [-0.2, 0) is 11.3 Å². The molecule has 2 heterocycles. The number of nitrogens with one attached hydrogen (secondary N) is 3. The molecule has 5 rings (SSSR count). The SMILES string of the molecule is CSc1cc(C)[nH]c(=O)c1CNC(=O)c1cc(Cl)c2c(c1C)O[C@](C)(C1CCC(C(=O)NC3CC(F)(F)C3)CC1)O2. The highest BCUT2D eigenvalue weighted by Gasteiger charge is 2.49. The Morgan fingerprint density at radius 1 is 1.12 bits per heavy atom. The molecule has 2 aromatic rings. The van der Waals surface area contributed by atoms with Crippen molar-refractivity contribution in [2.24, 2.45) is 11.8 Å². The topological polar surface area (TPSA) is 110 Å². The predicted molar refractivity (Wildman–Crippen MR) is 152 cm³/mol. The van der Waals surface area contributed by atoms with Crippen LogP contribution in [0, 0.1) is 25.7 Å². The molecule has 1 aromatic carbocycles. The first-order chi connectivity index (χ1) is 19.3. The number of H-pyrrole nitrogens is 1. The zero-order valence-electron chi connectivity index (χ0n) is 23.4. The Balaban J connectivity index is 1.23. The van der Waals surface area contributed by atoms with E-state index in [1.54, 1.807) is 19.9 Å². The highest BCUT2D eigenvalue weighted by atomic mass is 35.5. The summed E-state index contributed by atoms with van der Waals surface area (Å²) in [5.41, 5.74) is 1.86. The molecule has 41 heavy (non-hydrogen) atoms. The number of alkyl halides is 2. The van der Waals surface area contributed by atoms with Crippen LogP contribution in [0.2, 0.25) is 5.02 Å². The van der Waals surface area contributed by atoms with Gasteiger partial charge in [0.05, 0.1) is 5.02 Å². The van der Waals surface area contributed by atoms with Crippen LogP contribution in [0.5, 0.6) is 11.5 Å². The number of halogens is 3. The normalized spacial score (nSPS) is 25.0. The Bertz CT molecular complexity index is 1430. The van der Waals surface area contributed by atoms with E-state index in [1.807, 2.05) is 19.2 Å². The van der Waals surface area contributed by atoms with Gasteiger partial charge in [-0.3, -0.25) is 14.4 Å². The van der Waals surface area contributed by atoms with Gasteiger partial charge in [0.15, 0.2) is 11.5 Å². The molecule has 1 aromatic heterocycles. The van der Waals surface area contributed by atoms with Gasteiger partial charge in [-0.1, -0.05) is 11.6 Å². The minimum absolute atomic E-state index is 0.0436. The number of fused-ring (bicyclic) bond motifs is 1. The third-order valence-corrected chi connectivity index (χ3v) is 9.53. The molecule has 0 spiro atoms. The van der Waals surface area contributed by atoms with Crippen molar-refractivity contribution in [1.29, 1.82) is 0 Å². The molecule has 2 saturated carbocycles. The zero-order chi connectivity index (χ0) is 29.7. The average Bonchev–Trinajstić information content (AvgIpc) is 3.28. The van der Waals surface area contributed by atoms with Crippen molar-refractivity contribution in [2.45, 2.75) is 88.5 Å². The number of thioether (sulfide) groups is 1. The summed E-state index contributed by atoms with van der Waals surface area (Å²) < 4.78 is 38.9. The molecule has 3 N–H and O–H groups in total. The summed E-state index contributed by atoms with van der Waals surface area (Å²) >= 11 is 8.00. The van der Waals surface area contributed by atoms with E-state index in [0.717, 1.165) is 10.6 Å². The maximum absolute atomic E-state index is 13.2. The Labute approximate surface area is 246 Å². The molecular formula is C29H34ClF2N3O5S. The van der Waals surface area contributed by atoms with E-state index in [0.29, 0.717) is 53.9 Å². The number of rotatable bonds is 7. The van der Waals surface area contributed by atoms with E-state index in [9.17, 15) is 23.2 Å². The molecule has 0 radical (unpaired) electrons. The molecule has 0 unspecified atom stereocenters. The maximum atomic E-state index is 13.2. The summed E-state index contributed by atoms with van der Waals surface area (Å²) in [6.45, 7) is 5.45. The number of aromatic amines is 1. The first-order valence-electron chi connectivity index (χ1n) is 13.7. The van der Waals surface area contributed by atoms with Crippen molar-refractivity contribution in [1.82, 2.24) is 15.6 Å². The van der Waals surface area contributed by atoms with Crippen LogP contribution >= 0.6 is 23.4 Å². The number of aromatic nitrogens is 1. The molecule has 1 aliphatic heterocycles. The number of carbonyl (C=O) groups is 2. The third kappa shape index (κ3) is 5.93. The summed E-state index contributed by atoms with van der Waals surface area (Å²) in [5.74, 6) is -3.79. The van der Waals surface area contributed by atoms with Crippen molar-refractivity contribution in [2.75, 3.05) is 6.26 Å². The lowest BCUT2D eigenvalue weighted by Crippen LogP contribution is -2.52. The van der Waals surface area contributed by atoms with Crippen molar-refractivity contribution >= 4 is 35.2 Å². The van der Waals surface area contributed by atoms with Crippen LogP contribution < -0.4 is 25.7 Å². The fourth-order valence-electron chi connectivity index (χ4n) is 6.01. The van der Waals surface area contributed by atoms with Crippen molar-refractivity contribution in [3.63, 3.8) is 0 Å². The van der Waals surface area contributed by atoms with Crippen LogP contribution in [-0.4, -0.2) is 40.8 Å².